The molecule has 0 aliphatic heterocycles. The molecule has 0 fully saturated rings. The van der Waals surface area contributed by atoms with E-state index in [2.05, 4.69) is 4.98 Å². The number of aryl methyl sites for hydroxylation is 1. The van der Waals surface area contributed by atoms with Crippen molar-refractivity contribution in [1.29, 1.82) is 0 Å². The molecule has 0 unspecified atom stereocenters. The second-order valence-corrected chi connectivity index (χ2v) is 10.7. The molecule has 0 aliphatic carbocycles. The van der Waals surface area contributed by atoms with Gasteiger partial charge >= 0.3 is 0 Å². The lowest BCUT2D eigenvalue weighted by molar-refractivity contribution is -0.387. The van der Waals surface area contributed by atoms with Crippen LogP contribution in [0.1, 0.15) is 18.4 Å². The Bertz CT molecular complexity index is 1590. The Kier molecular flexibility index (Phi) is 8.49. The average Bonchev–Trinajstić information content (AvgIpc) is 2.92. The third kappa shape index (κ3) is 6.24. The number of ether oxygens (including phenoxy) is 1. The van der Waals surface area contributed by atoms with Crippen LogP contribution in [0.2, 0.25) is 0 Å². The Balaban J connectivity index is 1.43. The molecule has 0 saturated heterocycles. The third-order valence-electron chi connectivity index (χ3n) is 6.22. The van der Waals surface area contributed by atoms with Gasteiger partial charge < -0.3 is 9.30 Å². The molecule has 0 radical (unpaired) electrons. The number of pyridine rings is 2. The van der Waals surface area contributed by atoms with Crippen LogP contribution in [-0.4, -0.2) is 46.9 Å². The van der Waals surface area contributed by atoms with Crippen LogP contribution in [-0.2, 0) is 23.5 Å². The zero-order chi connectivity index (χ0) is 27.1. The van der Waals surface area contributed by atoms with Gasteiger partial charge in [-0.05, 0) is 61.2 Å². The maximum atomic E-state index is 13.5. The van der Waals surface area contributed by atoms with Crippen molar-refractivity contribution >= 4 is 26.6 Å². The van der Waals surface area contributed by atoms with E-state index in [4.69, 9.17) is 4.74 Å². The van der Waals surface area contributed by atoms with Crippen LogP contribution in [0.15, 0.2) is 88.8 Å². The predicted octanol–water partition coefficient (Wildman–Crippen LogP) is 3.93. The molecular formula is C27H28N4O6S. The average molecular weight is 537 g/mol. The lowest BCUT2D eigenvalue weighted by Gasteiger charge is -2.22. The summed E-state index contributed by atoms with van der Waals surface area (Å²) in [6, 6.07) is 17.8. The smallest absolute Gasteiger partial charge is 0.289 e. The molecule has 11 heteroatoms. The molecule has 0 amide bonds. The lowest BCUT2D eigenvalue weighted by Crippen LogP contribution is -2.34. The quantitative estimate of drug-likeness (QED) is 0.153. The minimum absolute atomic E-state index is 0.0879. The van der Waals surface area contributed by atoms with E-state index in [1.165, 1.54) is 34.6 Å². The Morgan fingerprint density at radius 2 is 1.84 bits per heavy atom. The summed E-state index contributed by atoms with van der Waals surface area (Å²) >= 11 is 0. The van der Waals surface area contributed by atoms with Crippen LogP contribution in [0.5, 0.6) is 5.75 Å². The Morgan fingerprint density at radius 1 is 1.03 bits per heavy atom. The Morgan fingerprint density at radius 3 is 2.61 bits per heavy atom. The standard InChI is InChI=1S/C27H28N4O6S/c1-29-24-12-11-23(19-22(24)10-13-27(29)32)37-18-5-4-16-30(17-14-21-7-6-15-28-20-21)38(35,36)26-9-3-2-8-25(26)31(33)34/h2-3,6-13,15,19-20H,4-5,14,16-18H2,1H3. The van der Waals surface area contributed by atoms with Gasteiger partial charge in [0.15, 0.2) is 4.90 Å². The molecule has 0 atom stereocenters. The number of para-hydroxylation sites is 1. The maximum Gasteiger partial charge on any atom is 0.289 e. The zero-order valence-corrected chi connectivity index (χ0v) is 21.7. The van der Waals surface area contributed by atoms with E-state index < -0.39 is 20.6 Å². The largest absolute Gasteiger partial charge is 0.494 e. The predicted molar refractivity (Wildman–Crippen MR) is 144 cm³/mol. The van der Waals surface area contributed by atoms with Crippen LogP contribution in [0.4, 0.5) is 5.69 Å². The van der Waals surface area contributed by atoms with E-state index in [1.54, 1.807) is 42.2 Å². The fourth-order valence-electron chi connectivity index (χ4n) is 4.15. The zero-order valence-electron chi connectivity index (χ0n) is 20.9. The molecule has 4 aromatic rings. The number of hydrogen-bond acceptors (Lipinski definition) is 7. The summed E-state index contributed by atoms with van der Waals surface area (Å²) in [4.78, 5) is 26.4. The molecule has 0 saturated carbocycles. The van der Waals surface area contributed by atoms with Crippen LogP contribution in [0.25, 0.3) is 10.9 Å². The second kappa shape index (κ2) is 12.0. The lowest BCUT2D eigenvalue weighted by atomic mass is 10.2. The van der Waals surface area contributed by atoms with Crippen LogP contribution in [0.3, 0.4) is 0 Å². The summed E-state index contributed by atoms with van der Waals surface area (Å²) in [7, 11) is -2.40. The highest BCUT2D eigenvalue weighted by atomic mass is 32.2. The molecule has 4 rings (SSSR count). The number of rotatable bonds is 12. The molecule has 38 heavy (non-hydrogen) atoms. The minimum Gasteiger partial charge on any atom is -0.494 e. The maximum absolute atomic E-state index is 13.5. The Hall–Kier alpha value is -4.09. The van der Waals surface area contributed by atoms with E-state index in [-0.39, 0.29) is 23.5 Å². The van der Waals surface area contributed by atoms with Crippen molar-refractivity contribution < 1.29 is 18.1 Å². The fourth-order valence-corrected chi connectivity index (χ4v) is 5.79. The van der Waals surface area contributed by atoms with Crippen molar-refractivity contribution in [2.75, 3.05) is 19.7 Å². The summed E-state index contributed by atoms with van der Waals surface area (Å²) in [6.07, 6.45) is 4.80. The molecule has 0 aliphatic rings. The number of nitrogens with zero attached hydrogens (tertiary/aromatic N) is 4. The normalized spacial score (nSPS) is 11.6. The molecular weight excluding hydrogens is 508 g/mol. The highest BCUT2D eigenvalue weighted by Gasteiger charge is 2.31. The minimum atomic E-state index is -4.12. The molecule has 2 heterocycles. The summed E-state index contributed by atoms with van der Waals surface area (Å²) in [5.41, 5.74) is 1.13. The molecule has 2 aromatic heterocycles. The summed E-state index contributed by atoms with van der Waals surface area (Å²) in [5.74, 6) is 0.650. The SMILES string of the molecule is Cn1c(=O)ccc2cc(OCCCCN(CCc3cccnc3)S(=O)(=O)c3ccccc3[N+](=O)[O-])ccc21. The molecule has 198 valence electrons. The number of unbranched alkanes of at least 4 members (excludes halogenated alkanes) is 1. The van der Waals surface area contributed by atoms with Gasteiger partial charge in [0.05, 0.1) is 17.0 Å². The van der Waals surface area contributed by atoms with Crippen molar-refractivity contribution in [2.24, 2.45) is 7.05 Å². The molecule has 2 aromatic carbocycles. The monoisotopic (exact) mass is 536 g/mol. The van der Waals surface area contributed by atoms with Crippen molar-refractivity contribution in [3.8, 4) is 5.75 Å². The number of fused-ring (bicyclic) bond motifs is 1. The number of nitro groups is 1. The molecule has 0 bridgehead atoms. The van der Waals surface area contributed by atoms with Gasteiger partial charge in [-0.1, -0.05) is 18.2 Å². The van der Waals surface area contributed by atoms with Gasteiger partial charge in [0.1, 0.15) is 5.75 Å². The van der Waals surface area contributed by atoms with E-state index in [9.17, 15) is 23.3 Å². The van der Waals surface area contributed by atoms with Crippen LogP contribution in [0, 0.1) is 10.1 Å². The fraction of sp³-hybridized carbons (Fsp3) is 0.259. The van der Waals surface area contributed by atoms with Crippen molar-refractivity contribution in [2.45, 2.75) is 24.2 Å². The molecule has 10 nitrogen and oxygen atoms in total. The van der Waals surface area contributed by atoms with Gasteiger partial charge in [0.25, 0.3) is 11.2 Å². The van der Waals surface area contributed by atoms with Gasteiger partial charge in [-0.15, -0.1) is 0 Å². The van der Waals surface area contributed by atoms with Gasteiger partial charge in [-0.2, -0.15) is 4.31 Å². The van der Waals surface area contributed by atoms with E-state index in [1.807, 2.05) is 18.2 Å². The van der Waals surface area contributed by atoms with E-state index in [0.29, 0.717) is 31.6 Å². The van der Waals surface area contributed by atoms with Gasteiger partial charge in [0, 0.05) is 50.0 Å². The first-order chi connectivity index (χ1) is 18.3. The van der Waals surface area contributed by atoms with E-state index in [0.717, 1.165) is 16.5 Å². The topological polar surface area (TPSA) is 125 Å². The van der Waals surface area contributed by atoms with Gasteiger partial charge in [-0.3, -0.25) is 19.9 Å². The third-order valence-corrected chi connectivity index (χ3v) is 8.17. The summed E-state index contributed by atoms with van der Waals surface area (Å²) in [5, 5.41) is 12.4. The number of nitro benzene ring substituents is 1. The number of benzene rings is 2. The first-order valence-corrected chi connectivity index (χ1v) is 13.6. The number of sulfonamides is 1. The van der Waals surface area contributed by atoms with E-state index >= 15 is 0 Å². The van der Waals surface area contributed by atoms with Crippen molar-refractivity contribution in [3.63, 3.8) is 0 Å². The molecule has 0 spiro atoms. The van der Waals surface area contributed by atoms with Gasteiger partial charge in [0.2, 0.25) is 10.0 Å². The van der Waals surface area contributed by atoms with Crippen LogP contribution >= 0.6 is 0 Å². The Labute approximate surface area is 220 Å². The summed E-state index contributed by atoms with van der Waals surface area (Å²) in [6.45, 7) is 0.696. The number of aromatic nitrogens is 2. The first kappa shape index (κ1) is 27.0. The van der Waals surface area contributed by atoms with Crippen LogP contribution < -0.4 is 10.3 Å². The van der Waals surface area contributed by atoms with Gasteiger partial charge in [-0.25, -0.2) is 8.42 Å². The number of hydrogen-bond donors (Lipinski definition) is 0. The van der Waals surface area contributed by atoms with Crippen molar-refractivity contribution in [1.82, 2.24) is 13.9 Å². The van der Waals surface area contributed by atoms with Crippen molar-refractivity contribution in [3.05, 3.63) is 105 Å². The highest BCUT2D eigenvalue weighted by Crippen LogP contribution is 2.27. The molecule has 0 N–H and O–H groups in total. The first-order valence-electron chi connectivity index (χ1n) is 12.1. The second-order valence-electron chi connectivity index (χ2n) is 8.75. The summed E-state index contributed by atoms with van der Waals surface area (Å²) < 4.78 is 35.7. The highest BCUT2D eigenvalue weighted by molar-refractivity contribution is 7.89.